The molecule has 0 atom stereocenters. The van der Waals surface area contributed by atoms with E-state index in [0.29, 0.717) is 0 Å². The summed E-state index contributed by atoms with van der Waals surface area (Å²) in [5, 5.41) is 3.44. The first-order valence-corrected chi connectivity index (χ1v) is 6.55. The Kier molecular flexibility index (Phi) is 4.10. The van der Waals surface area contributed by atoms with Crippen LogP contribution in [0.1, 0.15) is 22.3 Å². The zero-order valence-corrected chi connectivity index (χ0v) is 12.1. The highest BCUT2D eigenvalue weighted by atomic mass is 16.5. The summed E-state index contributed by atoms with van der Waals surface area (Å²) in [6, 6.07) is 12.5. The van der Waals surface area contributed by atoms with E-state index in [1.165, 1.54) is 22.3 Å². The smallest absolute Gasteiger partial charge is 0.141 e. The van der Waals surface area contributed by atoms with Crippen molar-refractivity contribution >= 4 is 5.69 Å². The predicted molar refractivity (Wildman–Crippen MR) is 81.0 cm³/mol. The van der Waals surface area contributed by atoms with E-state index in [4.69, 9.17) is 4.74 Å². The lowest BCUT2D eigenvalue weighted by Crippen LogP contribution is -2.03. The lowest BCUT2D eigenvalue weighted by molar-refractivity contribution is 0.416. The number of hydrogen-bond acceptors (Lipinski definition) is 2. The van der Waals surface area contributed by atoms with Gasteiger partial charge in [0.1, 0.15) is 5.75 Å². The second-order valence-electron chi connectivity index (χ2n) is 4.92. The maximum absolute atomic E-state index is 5.34. The summed E-state index contributed by atoms with van der Waals surface area (Å²) in [6.07, 6.45) is 0. The van der Waals surface area contributed by atoms with E-state index in [0.717, 1.165) is 18.0 Å². The summed E-state index contributed by atoms with van der Waals surface area (Å²) in [6.45, 7) is 7.28. The Morgan fingerprint density at radius 3 is 2.37 bits per heavy atom. The minimum absolute atomic E-state index is 0.813. The maximum atomic E-state index is 5.34. The summed E-state index contributed by atoms with van der Waals surface area (Å²) >= 11 is 0. The predicted octanol–water partition coefficient (Wildman–Crippen LogP) is 4.23. The van der Waals surface area contributed by atoms with Crippen molar-refractivity contribution in [3.8, 4) is 5.75 Å². The molecule has 100 valence electrons. The monoisotopic (exact) mass is 255 g/mol. The standard InChI is InChI=1S/C17H21NO/c1-12-9-14(3)15(10-13(12)2)11-18-16-7-5-6-8-17(16)19-4/h5-10,18H,11H2,1-4H3. The normalized spacial score (nSPS) is 10.3. The van der Waals surface area contributed by atoms with Crippen LogP contribution < -0.4 is 10.1 Å². The summed E-state index contributed by atoms with van der Waals surface area (Å²) in [5.74, 6) is 0.879. The van der Waals surface area contributed by atoms with Crippen molar-refractivity contribution < 1.29 is 4.74 Å². The maximum Gasteiger partial charge on any atom is 0.141 e. The topological polar surface area (TPSA) is 21.3 Å². The number of rotatable bonds is 4. The van der Waals surface area contributed by atoms with Gasteiger partial charge in [-0.15, -0.1) is 0 Å². The molecule has 2 rings (SSSR count). The molecule has 0 saturated carbocycles. The van der Waals surface area contributed by atoms with Crippen LogP contribution in [0.15, 0.2) is 36.4 Å². The molecule has 0 radical (unpaired) electrons. The molecule has 0 aliphatic rings. The van der Waals surface area contributed by atoms with Gasteiger partial charge in [-0.1, -0.05) is 24.3 Å². The van der Waals surface area contributed by atoms with E-state index in [-0.39, 0.29) is 0 Å². The van der Waals surface area contributed by atoms with Crippen molar-refractivity contribution in [2.75, 3.05) is 12.4 Å². The van der Waals surface area contributed by atoms with Crippen LogP contribution in [-0.4, -0.2) is 7.11 Å². The molecule has 0 fully saturated rings. The van der Waals surface area contributed by atoms with Gasteiger partial charge < -0.3 is 10.1 Å². The third-order valence-corrected chi connectivity index (χ3v) is 3.53. The molecule has 2 aromatic rings. The van der Waals surface area contributed by atoms with Crippen LogP contribution >= 0.6 is 0 Å². The molecule has 2 aromatic carbocycles. The highest BCUT2D eigenvalue weighted by molar-refractivity contribution is 5.56. The molecule has 0 spiro atoms. The van der Waals surface area contributed by atoms with E-state index in [1.54, 1.807) is 7.11 Å². The fraction of sp³-hybridized carbons (Fsp3) is 0.294. The molecule has 19 heavy (non-hydrogen) atoms. The van der Waals surface area contributed by atoms with E-state index >= 15 is 0 Å². The molecular weight excluding hydrogens is 234 g/mol. The van der Waals surface area contributed by atoms with Crippen LogP contribution in [0.3, 0.4) is 0 Å². The molecule has 0 unspecified atom stereocenters. The van der Waals surface area contributed by atoms with Gasteiger partial charge in [0.05, 0.1) is 12.8 Å². The number of benzene rings is 2. The Labute approximate surface area is 115 Å². The summed E-state index contributed by atoms with van der Waals surface area (Å²) < 4.78 is 5.34. The fourth-order valence-electron chi connectivity index (χ4n) is 2.19. The Morgan fingerprint density at radius 1 is 0.947 bits per heavy atom. The van der Waals surface area contributed by atoms with E-state index in [9.17, 15) is 0 Å². The first-order valence-electron chi connectivity index (χ1n) is 6.55. The van der Waals surface area contributed by atoms with E-state index in [2.05, 4.69) is 38.2 Å². The van der Waals surface area contributed by atoms with Gasteiger partial charge in [-0.3, -0.25) is 0 Å². The molecule has 0 saturated heterocycles. The Balaban J connectivity index is 2.17. The lowest BCUT2D eigenvalue weighted by Gasteiger charge is -2.14. The zero-order valence-electron chi connectivity index (χ0n) is 12.1. The van der Waals surface area contributed by atoms with Crippen LogP contribution in [0.4, 0.5) is 5.69 Å². The average molecular weight is 255 g/mol. The molecule has 0 bridgehead atoms. The van der Waals surface area contributed by atoms with Crippen molar-refractivity contribution in [3.63, 3.8) is 0 Å². The SMILES string of the molecule is COc1ccccc1NCc1cc(C)c(C)cc1C. The molecular formula is C17H21NO. The first-order chi connectivity index (χ1) is 9.11. The quantitative estimate of drug-likeness (QED) is 0.882. The molecule has 1 N–H and O–H groups in total. The van der Waals surface area contributed by atoms with Crippen molar-refractivity contribution in [2.24, 2.45) is 0 Å². The van der Waals surface area contributed by atoms with Crippen molar-refractivity contribution in [1.29, 1.82) is 0 Å². The zero-order chi connectivity index (χ0) is 13.8. The number of methoxy groups -OCH3 is 1. The van der Waals surface area contributed by atoms with E-state index in [1.807, 2.05) is 24.3 Å². The second kappa shape index (κ2) is 5.79. The third kappa shape index (κ3) is 3.08. The Bertz CT molecular complexity index is 575. The number of nitrogens with one attached hydrogen (secondary N) is 1. The summed E-state index contributed by atoms with van der Waals surface area (Å²) in [4.78, 5) is 0. The van der Waals surface area contributed by atoms with Gasteiger partial charge >= 0.3 is 0 Å². The minimum atomic E-state index is 0.813. The Hall–Kier alpha value is -1.96. The number of anilines is 1. The molecule has 2 nitrogen and oxygen atoms in total. The van der Waals surface area contributed by atoms with Crippen molar-refractivity contribution in [2.45, 2.75) is 27.3 Å². The van der Waals surface area contributed by atoms with Gasteiger partial charge in [0.2, 0.25) is 0 Å². The third-order valence-electron chi connectivity index (χ3n) is 3.53. The van der Waals surface area contributed by atoms with Crippen LogP contribution in [0, 0.1) is 20.8 Å². The van der Waals surface area contributed by atoms with Crippen molar-refractivity contribution in [1.82, 2.24) is 0 Å². The van der Waals surface area contributed by atoms with Gasteiger partial charge in [-0.05, 0) is 55.2 Å². The second-order valence-corrected chi connectivity index (χ2v) is 4.92. The average Bonchev–Trinajstić information content (AvgIpc) is 2.41. The molecule has 2 heteroatoms. The number of ether oxygens (including phenoxy) is 1. The molecule has 0 amide bonds. The van der Waals surface area contributed by atoms with Crippen LogP contribution in [0.25, 0.3) is 0 Å². The largest absolute Gasteiger partial charge is 0.495 e. The number of aryl methyl sites for hydroxylation is 3. The summed E-state index contributed by atoms with van der Waals surface area (Å²) in [5.41, 5.74) is 6.36. The lowest BCUT2D eigenvalue weighted by atomic mass is 10.0. The molecule has 0 heterocycles. The molecule has 0 aliphatic heterocycles. The highest BCUT2D eigenvalue weighted by Gasteiger charge is 2.04. The number of hydrogen-bond donors (Lipinski definition) is 1. The van der Waals surface area contributed by atoms with Crippen molar-refractivity contribution in [3.05, 3.63) is 58.7 Å². The fourth-order valence-corrected chi connectivity index (χ4v) is 2.19. The van der Waals surface area contributed by atoms with Gasteiger partial charge in [-0.25, -0.2) is 0 Å². The van der Waals surface area contributed by atoms with E-state index < -0.39 is 0 Å². The van der Waals surface area contributed by atoms with Gasteiger partial charge in [-0.2, -0.15) is 0 Å². The Morgan fingerprint density at radius 2 is 1.63 bits per heavy atom. The minimum Gasteiger partial charge on any atom is -0.495 e. The van der Waals surface area contributed by atoms with Crippen LogP contribution in [0.2, 0.25) is 0 Å². The van der Waals surface area contributed by atoms with Gasteiger partial charge in [0, 0.05) is 6.54 Å². The highest BCUT2D eigenvalue weighted by Crippen LogP contribution is 2.24. The molecule has 0 aliphatic carbocycles. The van der Waals surface area contributed by atoms with Crippen LogP contribution in [-0.2, 0) is 6.54 Å². The van der Waals surface area contributed by atoms with Gasteiger partial charge in [0.25, 0.3) is 0 Å². The van der Waals surface area contributed by atoms with Crippen LogP contribution in [0.5, 0.6) is 5.75 Å². The number of para-hydroxylation sites is 2. The molecule has 0 aromatic heterocycles. The first kappa shape index (κ1) is 13.5. The summed E-state index contributed by atoms with van der Waals surface area (Å²) in [7, 11) is 1.70. The van der Waals surface area contributed by atoms with Gasteiger partial charge in [0.15, 0.2) is 0 Å².